The van der Waals surface area contributed by atoms with E-state index in [9.17, 15) is 0 Å². The third-order valence-corrected chi connectivity index (χ3v) is 7.33. The van der Waals surface area contributed by atoms with Crippen LogP contribution in [0.15, 0.2) is 24.4 Å². The van der Waals surface area contributed by atoms with Crippen molar-refractivity contribution in [1.29, 1.82) is 0 Å². The summed E-state index contributed by atoms with van der Waals surface area (Å²) in [5, 5.41) is 4.27. The monoisotopic (exact) mass is 437 g/mol. The van der Waals surface area contributed by atoms with E-state index in [1.54, 1.807) is 0 Å². The Morgan fingerprint density at radius 1 is 1.06 bits per heavy atom. The number of nitrogens with one attached hydrogen (secondary N) is 1. The smallest absolute Gasteiger partial charge is 0.209 e. The Labute approximate surface area is 189 Å². The van der Waals surface area contributed by atoms with E-state index in [0.29, 0.717) is 11.5 Å². The lowest BCUT2D eigenvalue weighted by Gasteiger charge is -2.25. The number of halogens is 1. The third kappa shape index (κ3) is 4.43. The summed E-state index contributed by atoms with van der Waals surface area (Å²) in [6.45, 7) is 4.45. The van der Waals surface area contributed by atoms with Gasteiger partial charge in [0, 0.05) is 23.2 Å². The zero-order chi connectivity index (χ0) is 21.4. The van der Waals surface area contributed by atoms with Gasteiger partial charge in [-0.25, -0.2) is 15.0 Å². The van der Waals surface area contributed by atoms with Crippen LogP contribution in [-0.4, -0.2) is 19.5 Å². The zero-order valence-corrected chi connectivity index (χ0v) is 19.4. The number of anilines is 2. The molecule has 0 amide bonds. The molecule has 5 nitrogen and oxygen atoms in total. The van der Waals surface area contributed by atoms with Gasteiger partial charge in [0.1, 0.15) is 11.3 Å². The maximum absolute atomic E-state index is 6.31. The number of aryl methyl sites for hydroxylation is 1. The van der Waals surface area contributed by atoms with Crippen LogP contribution in [0.3, 0.4) is 0 Å². The molecule has 2 saturated carbocycles. The first-order chi connectivity index (χ1) is 15.0. The van der Waals surface area contributed by atoms with Crippen molar-refractivity contribution < 1.29 is 0 Å². The maximum atomic E-state index is 6.31. The summed E-state index contributed by atoms with van der Waals surface area (Å²) in [6, 6.07) is 6.45. The van der Waals surface area contributed by atoms with Crippen molar-refractivity contribution in [2.45, 2.75) is 84.1 Å². The van der Waals surface area contributed by atoms with Gasteiger partial charge in [-0.05, 0) is 61.8 Å². The number of hydrogen-bond acceptors (Lipinski definition) is 4. The van der Waals surface area contributed by atoms with Crippen molar-refractivity contribution in [1.82, 2.24) is 19.5 Å². The highest BCUT2D eigenvalue weighted by atomic mass is 35.5. The SMILES string of the molecule is Cc1cc(Cl)cc(Nc2nc3cnc(CC4(C)CCCC4)nc3n2C2CCCCC2)c1. The second-order valence-corrected chi connectivity index (χ2v) is 10.4. The number of rotatable bonds is 5. The predicted molar refractivity (Wildman–Crippen MR) is 127 cm³/mol. The van der Waals surface area contributed by atoms with Gasteiger partial charge in [-0.1, -0.05) is 50.6 Å². The molecular formula is C25H32ClN5. The minimum atomic E-state index is 0.336. The van der Waals surface area contributed by atoms with Crippen LogP contribution < -0.4 is 5.32 Å². The van der Waals surface area contributed by atoms with Gasteiger partial charge in [-0.2, -0.15) is 0 Å². The van der Waals surface area contributed by atoms with Gasteiger partial charge in [-0.15, -0.1) is 0 Å². The first-order valence-electron chi connectivity index (χ1n) is 11.8. The molecule has 3 aromatic rings. The lowest BCUT2D eigenvalue weighted by Crippen LogP contribution is -2.18. The topological polar surface area (TPSA) is 55.6 Å². The summed E-state index contributed by atoms with van der Waals surface area (Å²) >= 11 is 6.31. The minimum Gasteiger partial charge on any atom is -0.325 e. The Morgan fingerprint density at radius 2 is 1.84 bits per heavy atom. The predicted octanol–water partition coefficient (Wildman–Crippen LogP) is 7.16. The first-order valence-corrected chi connectivity index (χ1v) is 12.2. The van der Waals surface area contributed by atoms with Gasteiger partial charge in [-0.3, -0.25) is 4.57 Å². The number of benzene rings is 1. The molecule has 2 aromatic heterocycles. The quantitative estimate of drug-likeness (QED) is 0.460. The standard InChI is InChI=1S/C25H32ClN5/c1-17-12-18(26)14-19(13-17)28-24-29-21-16-27-22(15-25(2)10-6-7-11-25)30-23(21)31(24)20-8-4-3-5-9-20/h12-14,16,20H,3-11,15H2,1-2H3,(H,28,29). The highest BCUT2D eigenvalue weighted by Gasteiger charge is 2.30. The molecule has 31 heavy (non-hydrogen) atoms. The number of aromatic nitrogens is 4. The molecule has 2 aliphatic carbocycles. The van der Waals surface area contributed by atoms with E-state index < -0.39 is 0 Å². The van der Waals surface area contributed by atoms with Crippen LogP contribution in [0.1, 0.15) is 82.1 Å². The van der Waals surface area contributed by atoms with Crippen LogP contribution in [0.5, 0.6) is 0 Å². The van der Waals surface area contributed by atoms with Crippen LogP contribution in [-0.2, 0) is 6.42 Å². The summed E-state index contributed by atoms with van der Waals surface area (Å²) in [5.74, 6) is 1.81. The second kappa shape index (κ2) is 8.42. The average molecular weight is 438 g/mol. The molecule has 2 fully saturated rings. The van der Waals surface area contributed by atoms with E-state index in [2.05, 4.69) is 29.8 Å². The minimum absolute atomic E-state index is 0.336. The molecule has 1 N–H and O–H groups in total. The first kappa shape index (κ1) is 20.7. The molecule has 5 rings (SSSR count). The molecule has 2 heterocycles. The summed E-state index contributed by atoms with van der Waals surface area (Å²) in [7, 11) is 0. The van der Waals surface area contributed by atoms with E-state index in [0.717, 1.165) is 45.6 Å². The van der Waals surface area contributed by atoms with E-state index >= 15 is 0 Å². The van der Waals surface area contributed by atoms with Crippen LogP contribution in [0.4, 0.5) is 11.6 Å². The van der Waals surface area contributed by atoms with E-state index in [1.807, 2.05) is 18.3 Å². The van der Waals surface area contributed by atoms with Crippen molar-refractivity contribution in [2.75, 3.05) is 5.32 Å². The van der Waals surface area contributed by atoms with E-state index in [-0.39, 0.29) is 0 Å². The Kier molecular flexibility index (Phi) is 5.63. The number of nitrogens with zero attached hydrogens (tertiary/aromatic N) is 4. The van der Waals surface area contributed by atoms with Crippen molar-refractivity contribution in [3.05, 3.63) is 40.8 Å². The molecule has 0 radical (unpaired) electrons. The largest absolute Gasteiger partial charge is 0.325 e. The molecule has 0 atom stereocenters. The van der Waals surface area contributed by atoms with Crippen molar-refractivity contribution in [2.24, 2.45) is 5.41 Å². The van der Waals surface area contributed by atoms with Crippen molar-refractivity contribution >= 4 is 34.4 Å². The van der Waals surface area contributed by atoms with Crippen LogP contribution in [0.2, 0.25) is 5.02 Å². The van der Waals surface area contributed by atoms with Gasteiger partial charge in [0.15, 0.2) is 5.65 Å². The highest BCUT2D eigenvalue weighted by molar-refractivity contribution is 6.30. The third-order valence-electron chi connectivity index (χ3n) is 7.12. The summed E-state index contributed by atoms with van der Waals surface area (Å²) in [6.07, 6.45) is 14.3. The zero-order valence-electron chi connectivity index (χ0n) is 18.6. The molecular weight excluding hydrogens is 406 g/mol. The lowest BCUT2D eigenvalue weighted by molar-refractivity contribution is 0.326. The summed E-state index contributed by atoms with van der Waals surface area (Å²) in [4.78, 5) is 14.7. The average Bonchev–Trinajstić information content (AvgIpc) is 3.31. The Bertz CT molecular complexity index is 1060. The molecule has 2 aliphatic rings. The Morgan fingerprint density at radius 3 is 2.58 bits per heavy atom. The van der Waals surface area contributed by atoms with Gasteiger partial charge in [0.25, 0.3) is 0 Å². The van der Waals surface area contributed by atoms with E-state index in [4.69, 9.17) is 26.6 Å². The molecule has 0 bridgehead atoms. The molecule has 0 spiro atoms. The summed E-state index contributed by atoms with van der Waals surface area (Å²) in [5.41, 5.74) is 4.26. The fourth-order valence-corrected chi connectivity index (χ4v) is 5.80. The van der Waals surface area contributed by atoms with E-state index in [1.165, 1.54) is 57.8 Å². The second-order valence-electron chi connectivity index (χ2n) is 9.93. The number of fused-ring (bicyclic) bond motifs is 1. The summed E-state index contributed by atoms with van der Waals surface area (Å²) < 4.78 is 2.34. The van der Waals surface area contributed by atoms with Crippen molar-refractivity contribution in [3.63, 3.8) is 0 Å². The van der Waals surface area contributed by atoms with Crippen LogP contribution >= 0.6 is 11.6 Å². The molecule has 6 heteroatoms. The highest BCUT2D eigenvalue weighted by Crippen LogP contribution is 2.40. The molecule has 164 valence electrons. The molecule has 0 unspecified atom stereocenters. The van der Waals surface area contributed by atoms with Gasteiger partial charge >= 0.3 is 0 Å². The fraction of sp³-hybridized carbons (Fsp3) is 0.560. The molecule has 0 saturated heterocycles. The molecule has 1 aromatic carbocycles. The lowest BCUT2D eigenvalue weighted by atomic mass is 9.85. The van der Waals surface area contributed by atoms with Gasteiger partial charge < -0.3 is 5.32 Å². The Hall–Kier alpha value is -2.14. The Balaban J connectivity index is 1.55. The van der Waals surface area contributed by atoms with Gasteiger partial charge in [0.05, 0.1) is 6.20 Å². The van der Waals surface area contributed by atoms with Crippen molar-refractivity contribution in [3.8, 4) is 0 Å². The van der Waals surface area contributed by atoms with Crippen LogP contribution in [0.25, 0.3) is 11.2 Å². The van der Waals surface area contributed by atoms with Crippen LogP contribution in [0, 0.1) is 12.3 Å². The maximum Gasteiger partial charge on any atom is 0.209 e. The fourth-order valence-electron chi connectivity index (χ4n) is 5.51. The number of hydrogen-bond donors (Lipinski definition) is 1. The normalized spacial score (nSPS) is 19.2. The number of imidazole rings is 1. The van der Waals surface area contributed by atoms with Gasteiger partial charge in [0.2, 0.25) is 5.95 Å². The molecule has 0 aliphatic heterocycles.